The summed E-state index contributed by atoms with van der Waals surface area (Å²) < 4.78 is 0. The Kier molecular flexibility index (Phi) is 6.82. The molecule has 0 bridgehead atoms. The zero-order valence-electron chi connectivity index (χ0n) is 9.62. The fourth-order valence-corrected chi connectivity index (χ4v) is 2.27. The second-order valence-corrected chi connectivity index (χ2v) is 4.97. The van der Waals surface area contributed by atoms with E-state index < -0.39 is 0 Å². The van der Waals surface area contributed by atoms with Gasteiger partial charge in [0.15, 0.2) is 0 Å². The molecule has 0 aliphatic heterocycles. The van der Waals surface area contributed by atoms with Crippen molar-refractivity contribution in [2.45, 2.75) is 12.2 Å². The summed E-state index contributed by atoms with van der Waals surface area (Å²) in [6.45, 7) is 4.27. The highest BCUT2D eigenvalue weighted by Gasteiger charge is 2.01. The quantitative estimate of drug-likeness (QED) is 0.608. The first-order valence-electron chi connectivity index (χ1n) is 5.42. The van der Waals surface area contributed by atoms with E-state index in [0.29, 0.717) is 12.3 Å². The van der Waals surface area contributed by atoms with Gasteiger partial charge in [-0.25, -0.2) is 0 Å². The summed E-state index contributed by atoms with van der Waals surface area (Å²) in [5, 5.41) is 3.56. The molecule has 4 heteroatoms. The summed E-state index contributed by atoms with van der Waals surface area (Å²) in [6.07, 6.45) is 2.60. The van der Waals surface area contributed by atoms with E-state index in [9.17, 15) is 4.79 Å². The highest BCUT2D eigenvalue weighted by Crippen LogP contribution is 2.16. The Morgan fingerprint density at radius 2 is 2.35 bits per heavy atom. The summed E-state index contributed by atoms with van der Waals surface area (Å²) >= 11 is 7.46. The van der Waals surface area contributed by atoms with Crippen molar-refractivity contribution >= 4 is 29.3 Å². The number of hydrogen-bond acceptors (Lipinski definition) is 2. The first-order chi connectivity index (χ1) is 8.22. The molecule has 0 spiro atoms. The van der Waals surface area contributed by atoms with E-state index in [-0.39, 0.29) is 5.91 Å². The van der Waals surface area contributed by atoms with Crippen molar-refractivity contribution in [1.29, 1.82) is 0 Å². The van der Waals surface area contributed by atoms with Gasteiger partial charge in [0.05, 0.1) is 5.75 Å². The van der Waals surface area contributed by atoms with E-state index in [0.717, 1.165) is 22.8 Å². The number of amides is 1. The molecule has 0 aliphatic carbocycles. The zero-order chi connectivity index (χ0) is 12.5. The minimum Gasteiger partial charge on any atom is -0.355 e. The molecule has 0 fully saturated rings. The fraction of sp³-hybridized carbons (Fsp3) is 0.308. The Balaban J connectivity index is 2.19. The molecule has 0 aliphatic rings. The average molecular weight is 270 g/mol. The highest BCUT2D eigenvalue weighted by molar-refractivity contribution is 7.99. The van der Waals surface area contributed by atoms with E-state index in [2.05, 4.69) is 11.9 Å². The molecule has 1 amide bonds. The molecule has 0 saturated heterocycles. The van der Waals surface area contributed by atoms with Gasteiger partial charge in [-0.2, -0.15) is 0 Å². The van der Waals surface area contributed by atoms with Crippen LogP contribution in [0.15, 0.2) is 36.9 Å². The molecule has 0 radical (unpaired) electrons. The third-order valence-corrected chi connectivity index (χ3v) is 3.30. The largest absolute Gasteiger partial charge is 0.355 e. The van der Waals surface area contributed by atoms with Crippen molar-refractivity contribution in [3.05, 3.63) is 47.5 Å². The lowest BCUT2D eigenvalue weighted by Crippen LogP contribution is -2.25. The monoisotopic (exact) mass is 269 g/mol. The molecular weight excluding hydrogens is 254 g/mol. The second kappa shape index (κ2) is 8.20. The number of carbonyl (C=O) groups excluding carboxylic acids is 1. The number of thioether (sulfide) groups is 1. The van der Waals surface area contributed by atoms with Crippen molar-refractivity contribution in [3.63, 3.8) is 0 Å². The van der Waals surface area contributed by atoms with Gasteiger partial charge in [-0.3, -0.25) is 4.79 Å². The van der Waals surface area contributed by atoms with Crippen LogP contribution in [0.5, 0.6) is 0 Å². The van der Waals surface area contributed by atoms with E-state index in [1.54, 1.807) is 17.8 Å². The topological polar surface area (TPSA) is 29.1 Å². The molecule has 1 rings (SSSR count). The van der Waals surface area contributed by atoms with Gasteiger partial charge in [0.25, 0.3) is 0 Å². The molecule has 92 valence electrons. The first kappa shape index (κ1) is 14.1. The van der Waals surface area contributed by atoms with Crippen LogP contribution in [0.2, 0.25) is 5.02 Å². The number of halogens is 1. The summed E-state index contributed by atoms with van der Waals surface area (Å²) in [5.41, 5.74) is 1.14. The Labute approximate surface area is 111 Å². The lowest BCUT2D eigenvalue weighted by Gasteiger charge is -2.04. The van der Waals surface area contributed by atoms with E-state index in [1.807, 2.05) is 24.3 Å². The zero-order valence-corrected chi connectivity index (χ0v) is 11.2. The van der Waals surface area contributed by atoms with Crippen LogP contribution in [-0.4, -0.2) is 18.2 Å². The van der Waals surface area contributed by atoms with Gasteiger partial charge in [-0.1, -0.05) is 29.8 Å². The predicted octanol–water partition coefficient (Wildman–Crippen LogP) is 3.27. The van der Waals surface area contributed by atoms with E-state index in [4.69, 9.17) is 11.6 Å². The van der Waals surface area contributed by atoms with Gasteiger partial charge in [0.1, 0.15) is 0 Å². The third kappa shape index (κ3) is 6.39. The Morgan fingerprint density at radius 1 is 1.53 bits per heavy atom. The maximum absolute atomic E-state index is 11.4. The van der Waals surface area contributed by atoms with Gasteiger partial charge in [-0.05, 0) is 24.1 Å². The molecule has 0 atom stereocenters. The maximum Gasteiger partial charge on any atom is 0.230 e. The number of benzene rings is 1. The molecule has 0 unspecified atom stereocenters. The minimum atomic E-state index is 0.0684. The summed E-state index contributed by atoms with van der Waals surface area (Å²) in [6, 6.07) is 7.69. The first-order valence-corrected chi connectivity index (χ1v) is 6.95. The smallest absolute Gasteiger partial charge is 0.230 e. The van der Waals surface area contributed by atoms with Crippen LogP contribution in [0, 0.1) is 0 Å². The van der Waals surface area contributed by atoms with Crippen LogP contribution >= 0.6 is 23.4 Å². The van der Waals surface area contributed by atoms with Crippen LogP contribution in [0.25, 0.3) is 0 Å². The van der Waals surface area contributed by atoms with Crippen LogP contribution in [0.1, 0.15) is 12.0 Å². The third-order valence-electron chi connectivity index (χ3n) is 2.06. The van der Waals surface area contributed by atoms with E-state index >= 15 is 0 Å². The maximum atomic E-state index is 11.4. The molecule has 17 heavy (non-hydrogen) atoms. The SMILES string of the molecule is C=CCCNC(=O)CSCc1cccc(Cl)c1. The van der Waals surface area contributed by atoms with Crippen LogP contribution in [-0.2, 0) is 10.5 Å². The van der Waals surface area contributed by atoms with Crippen molar-refractivity contribution in [3.8, 4) is 0 Å². The van der Waals surface area contributed by atoms with Crippen molar-refractivity contribution in [2.75, 3.05) is 12.3 Å². The normalized spacial score (nSPS) is 9.94. The number of nitrogens with one attached hydrogen (secondary N) is 1. The number of hydrogen-bond donors (Lipinski definition) is 1. The van der Waals surface area contributed by atoms with Gasteiger partial charge in [-0.15, -0.1) is 18.3 Å². The average Bonchev–Trinajstić information content (AvgIpc) is 2.29. The fourth-order valence-electron chi connectivity index (χ4n) is 1.25. The molecule has 1 aromatic rings. The second-order valence-electron chi connectivity index (χ2n) is 3.55. The van der Waals surface area contributed by atoms with Crippen molar-refractivity contribution < 1.29 is 4.79 Å². The molecule has 2 nitrogen and oxygen atoms in total. The standard InChI is InChI=1S/C13H16ClNOS/c1-2-3-7-15-13(16)10-17-9-11-5-4-6-12(14)8-11/h2,4-6,8H,1,3,7,9-10H2,(H,15,16). The van der Waals surface area contributed by atoms with Gasteiger partial charge >= 0.3 is 0 Å². The van der Waals surface area contributed by atoms with Crippen molar-refractivity contribution in [1.82, 2.24) is 5.32 Å². The molecular formula is C13H16ClNOS. The summed E-state index contributed by atoms with van der Waals surface area (Å²) in [5.74, 6) is 1.35. The molecule has 1 aromatic carbocycles. The Hall–Kier alpha value is -0.930. The Bertz CT molecular complexity index is 381. The van der Waals surface area contributed by atoms with Gasteiger partial charge in [0.2, 0.25) is 5.91 Å². The highest BCUT2D eigenvalue weighted by atomic mass is 35.5. The lowest BCUT2D eigenvalue weighted by atomic mass is 10.2. The number of carbonyl (C=O) groups is 1. The summed E-state index contributed by atoms with van der Waals surface area (Å²) in [7, 11) is 0. The summed E-state index contributed by atoms with van der Waals surface area (Å²) in [4.78, 5) is 11.4. The molecule has 0 saturated carbocycles. The van der Waals surface area contributed by atoms with E-state index in [1.165, 1.54) is 0 Å². The van der Waals surface area contributed by atoms with Gasteiger partial charge in [0, 0.05) is 17.3 Å². The minimum absolute atomic E-state index is 0.0684. The predicted molar refractivity (Wildman–Crippen MR) is 75.4 cm³/mol. The van der Waals surface area contributed by atoms with Crippen LogP contribution in [0.3, 0.4) is 0 Å². The molecule has 0 heterocycles. The lowest BCUT2D eigenvalue weighted by molar-refractivity contribution is -0.118. The molecule has 1 N–H and O–H groups in total. The van der Waals surface area contributed by atoms with Crippen LogP contribution in [0.4, 0.5) is 0 Å². The van der Waals surface area contributed by atoms with Crippen LogP contribution < -0.4 is 5.32 Å². The van der Waals surface area contributed by atoms with Crippen molar-refractivity contribution in [2.24, 2.45) is 0 Å². The Morgan fingerprint density at radius 3 is 3.06 bits per heavy atom. The molecule has 0 aromatic heterocycles. The van der Waals surface area contributed by atoms with Gasteiger partial charge < -0.3 is 5.32 Å². The number of rotatable bonds is 7.